The molecule has 0 aliphatic heterocycles. The Morgan fingerprint density at radius 1 is 1.12 bits per heavy atom. The van der Waals surface area contributed by atoms with Gasteiger partial charge in [0.15, 0.2) is 18.8 Å². The lowest BCUT2D eigenvalue weighted by molar-refractivity contribution is -0.124. The highest BCUT2D eigenvalue weighted by Gasteiger charge is 2.12. The summed E-state index contributed by atoms with van der Waals surface area (Å²) in [4.78, 5) is 23.7. The smallest absolute Gasteiger partial charge is 0.262 e. The number of hydrogen-bond donors (Lipinski definition) is 3. The van der Waals surface area contributed by atoms with E-state index in [2.05, 4.69) is 15.8 Å². The third-order valence-corrected chi connectivity index (χ3v) is 4.59. The Labute approximate surface area is 187 Å². The Balaban J connectivity index is 1.28. The standard InChI is InChI=1S/C21H21ClFN3O6/c22-16-6-5-14(9-17(16)23)30-11-19(28)24-8-7-13(27)10-25-20(29)12-31-21-15-3-1-2-4-18(15)32-26-21/h1-6,9,13,27H,7-8,10-12H2,(H,24,28)(H,25,29)/t13-/m0/s1. The van der Waals surface area contributed by atoms with Crippen molar-refractivity contribution in [1.82, 2.24) is 15.8 Å². The molecule has 0 saturated heterocycles. The molecule has 3 aromatic rings. The van der Waals surface area contributed by atoms with E-state index in [1.807, 2.05) is 0 Å². The summed E-state index contributed by atoms with van der Waals surface area (Å²) in [5.41, 5.74) is 0.547. The first-order chi connectivity index (χ1) is 15.4. The van der Waals surface area contributed by atoms with Crippen LogP contribution in [0.2, 0.25) is 5.02 Å². The lowest BCUT2D eigenvalue weighted by atomic mass is 10.2. The van der Waals surface area contributed by atoms with Crippen LogP contribution in [-0.4, -0.2) is 54.5 Å². The number of nitrogens with one attached hydrogen (secondary N) is 2. The third-order valence-electron chi connectivity index (χ3n) is 4.28. The minimum atomic E-state index is -0.876. The molecule has 1 atom stereocenters. The molecule has 0 saturated carbocycles. The first-order valence-corrected chi connectivity index (χ1v) is 10.1. The number of carbonyl (C=O) groups excluding carboxylic acids is 2. The zero-order chi connectivity index (χ0) is 22.9. The van der Waals surface area contributed by atoms with Gasteiger partial charge in [-0.15, -0.1) is 0 Å². The first kappa shape index (κ1) is 23.3. The van der Waals surface area contributed by atoms with Gasteiger partial charge in [0.25, 0.3) is 17.7 Å². The number of nitrogens with zero attached hydrogens (tertiary/aromatic N) is 1. The maximum Gasteiger partial charge on any atom is 0.262 e. The molecule has 0 aliphatic rings. The SMILES string of the molecule is O=C(COc1ccc(Cl)c(F)c1)NCC[C@H](O)CNC(=O)COc1noc2ccccc12. The Hall–Kier alpha value is -3.37. The monoisotopic (exact) mass is 465 g/mol. The summed E-state index contributed by atoms with van der Waals surface area (Å²) in [5.74, 6) is -1.14. The molecule has 0 fully saturated rings. The maximum atomic E-state index is 13.3. The fourth-order valence-electron chi connectivity index (χ4n) is 2.63. The van der Waals surface area contributed by atoms with Gasteiger partial charge in [0, 0.05) is 19.2 Å². The van der Waals surface area contributed by atoms with Crippen LogP contribution in [0, 0.1) is 5.82 Å². The third kappa shape index (κ3) is 6.82. The van der Waals surface area contributed by atoms with Crippen molar-refractivity contribution in [2.45, 2.75) is 12.5 Å². The maximum absolute atomic E-state index is 13.3. The molecular formula is C21H21ClFN3O6. The molecule has 0 radical (unpaired) electrons. The van der Waals surface area contributed by atoms with Crippen LogP contribution in [-0.2, 0) is 9.59 Å². The van der Waals surface area contributed by atoms with Gasteiger partial charge in [0.2, 0.25) is 0 Å². The zero-order valence-electron chi connectivity index (χ0n) is 16.8. The largest absolute Gasteiger partial charge is 0.484 e. The molecular weight excluding hydrogens is 445 g/mol. The molecule has 0 bridgehead atoms. The number of hydrogen-bond acceptors (Lipinski definition) is 7. The van der Waals surface area contributed by atoms with Crippen LogP contribution in [0.1, 0.15) is 6.42 Å². The molecule has 1 heterocycles. The Bertz CT molecular complexity index is 1080. The zero-order valence-corrected chi connectivity index (χ0v) is 17.6. The fourth-order valence-corrected chi connectivity index (χ4v) is 2.75. The van der Waals surface area contributed by atoms with Gasteiger partial charge in [-0.05, 0) is 35.8 Å². The minimum Gasteiger partial charge on any atom is -0.484 e. The normalized spacial score (nSPS) is 11.7. The molecule has 170 valence electrons. The van der Waals surface area contributed by atoms with E-state index in [4.69, 9.17) is 25.6 Å². The lowest BCUT2D eigenvalue weighted by Gasteiger charge is -2.13. The van der Waals surface area contributed by atoms with E-state index >= 15 is 0 Å². The number of ether oxygens (including phenoxy) is 2. The number of benzene rings is 2. The van der Waals surface area contributed by atoms with Crippen molar-refractivity contribution in [2.24, 2.45) is 0 Å². The average Bonchev–Trinajstić information content (AvgIpc) is 3.20. The highest BCUT2D eigenvalue weighted by molar-refractivity contribution is 6.30. The summed E-state index contributed by atoms with van der Waals surface area (Å²) in [6, 6.07) is 10.9. The molecule has 1 aromatic heterocycles. The number of aromatic nitrogens is 1. The molecule has 3 rings (SSSR count). The second kappa shape index (κ2) is 11.3. The predicted molar refractivity (Wildman–Crippen MR) is 113 cm³/mol. The topological polar surface area (TPSA) is 123 Å². The van der Waals surface area contributed by atoms with E-state index in [9.17, 15) is 19.1 Å². The van der Waals surface area contributed by atoms with E-state index in [-0.39, 0.29) is 49.4 Å². The Kier molecular flexibility index (Phi) is 8.23. The molecule has 9 nitrogen and oxygen atoms in total. The Morgan fingerprint density at radius 2 is 1.88 bits per heavy atom. The van der Waals surface area contributed by atoms with Gasteiger partial charge in [-0.3, -0.25) is 9.59 Å². The number of rotatable bonds is 11. The highest BCUT2D eigenvalue weighted by atomic mass is 35.5. The molecule has 11 heteroatoms. The lowest BCUT2D eigenvalue weighted by Crippen LogP contribution is -2.37. The number of halogens is 2. The van der Waals surface area contributed by atoms with Crippen molar-refractivity contribution >= 4 is 34.4 Å². The van der Waals surface area contributed by atoms with Gasteiger partial charge in [-0.2, -0.15) is 0 Å². The summed E-state index contributed by atoms with van der Waals surface area (Å²) >= 11 is 5.58. The summed E-state index contributed by atoms with van der Waals surface area (Å²) in [5, 5.41) is 19.4. The van der Waals surface area contributed by atoms with Crippen molar-refractivity contribution in [3.8, 4) is 11.6 Å². The number of amides is 2. The van der Waals surface area contributed by atoms with Crippen LogP contribution in [0.25, 0.3) is 11.0 Å². The van der Waals surface area contributed by atoms with E-state index in [0.29, 0.717) is 11.0 Å². The van der Waals surface area contributed by atoms with E-state index in [1.54, 1.807) is 24.3 Å². The molecule has 0 unspecified atom stereocenters. The highest BCUT2D eigenvalue weighted by Crippen LogP contribution is 2.24. The van der Waals surface area contributed by atoms with Crippen LogP contribution in [0.5, 0.6) is 11.6 Å². The molecule has 3 N–H and O–H groups in total. The number of aliphatic hydroxyl groups excluding tert-OH is 1. The molecule has 32 heavy (non-hydrogen) atoms. The van der Waals surface area contributed by atoms with Crippen molar-refractivity contribution in [2.75, 3.05) is 26.3 Å². The van der Waals surface area contributed by atoms with Gasteiger partial charge in [-0.25, -0.2) is 4.39 Å². The van der Waals surface area contributed by atoms with Crippen molar-refractivity contribution in [3.05, 3.63) is 53.3 Å². The van der Waals surface area contributed by atoms with Gasteiger partial charge in [0.05, 0.1) is 16.5 Å². The number of carbonyl (C=O) groups is 2. The Morgan fingerprint density at radius 3 is 2.69 bits per heavy atom. The van der Waals surface area contributed by atoms with Crippen molar-refractivity contribution in [3.63, 3.8) is 0 Å². The van der Waals surface area contributed by atoms with Crippen LogP contribution in [0.3, 0.4) is 0 Å². The first-order valence-electron chi connectivity index (χ1n) is 9.69. The minimum absolute atomic E-state index is 0.0157. The van der Waals surface area contributed by atoms with Crippen LogP contribution in [0.4, 0.5) is 4.39 Å². The average molecular weight is 466 g/mol. The number of para-hydroxylation sites is 1. The molecule has 2 aromatic carbocycles. The van der Waals surface area contributed by atoms with E-state index in [1.165, 1.54) is 12.1 Å². The number of aliphatic hydroxyl groups is 1. The summed E-state index contributed by atoms with van der Waals surface area (Å²) in [6.07, 6.45) is -0.672. The summed E-state index contributed by atoms with van der Waals surface area (Å²) in [7, 11) is 0. The van der Waals surface area contributed by atoms with E-state index < -0.39 is 23.7 Å². The van der Waals surface area contributed by atoms with Gasteiger partial charge < -0.3 is 29.7 Å². The van der Waals surface area contributed by atoms with Crippen LogP contribution in [0.15, 0.2) is 47.0 Å². The molecule has 0 spiro atoms. The van der Waals surface area contributed by atoms with Gasteiger partial charge >= 0.3 is 0 Å². The van der Waals surface area contributed by atoms with Crippen molar-refractivity contribution in [1.29, 1.82) is 0 Å². The van der Waals surface area contributed by atoms with Gasteiger partial charge in [0.1, 0.15) is 11.6 Å². The van der Waals surface area contributed by atoms with E-state index in [0.717, 1.165) is 6.07 Å². The summed E-state index contributed by atoms with van der Waals surface area (Å²) < 4.78 is 28.9. The molecule has 2 amide bonds. The predicted octanol–water partition coefficient (Wildman–Crippen LogP) is 2.06. The van der Waals surface area contributed by atoms with Crippen molar-refractivity contribution < 1.29 is 33.1 Å². The second-order valence-electron chi connectivity index (χ2n) is 6.73. The van der Waals surface area contributed by atoms with Crippen LogP contribution < -0.4 is 20.1 Å². The fraction of sp³-hybridized carbons (Fsp3) is 0.286. The summed E-state index contributed by atoms with van der Waals surface area (Å²) in [6.45, 7) is -0.460. The second-order valence-corrected chi connectivity index (χ2v) is 7.14. The quantitative estimate of drug-likeness (QED) is 0.396. The van der Waals surface area contributed by atoms with Crippen LogP contribution >= 0.6 is 11.6 Å². The van der Waals surface area contributed by atoms with Gasteiger partial charge in [-0.1, -0.05) is 23.7 Å². The number of fused-ring (bicyclic) bond motifs is 1. The molecule has 0 aliphatic carbocycles.